The van der Waals surface area contributed by atoms with E-state index in [0.29, 0.717) is 12.1 Å². The minimum atomic E-state index is -4.72. The molecule has 0 saturated carbocycles. The third-order valence-electron chi connectivity index (χ3n) is 4.80. The number of halogens is 4. The van der Waals surface area contributed by atoms with Gasteiger partial charge in [0.1, 0.15) is 4.90 Å². The molecule has 31 heavy (non-hydrogen) atoms. The molecule has 0 bridgehead atoms. The number of primary amides is 1. The average Bonchev–Trinajstić information content (AvgIpc) is 2.72. The van der Waals surface area contributed by atoms with Gasteiger partial charge in [-0.15, -0.1) is 0 Å². The van der Waals surface area contributed by atoms with Gasteiger partial charge in [-0.2, -0.15) is 17.5 Å². The molecule has 7 nitrogen and oxygen atoms in total. The number of rotatable bonds is 4. The number of carbonyl (C=O) groups excluding carboxylic acids is 2. The zero-order valence-electron chi connectivity index (χ0n) is 15.9. The van der Waals surface area contributed by atoms with Crippen molar-refractivity contribution in [3.8, 4) is 0 Å². The molecule has 0 radical (unpaired) electrons. The average molecular weight is 476 g/mol. The topological polar surface area (TPSA) is 101 Å². The lowest BCUT2D eigenvalue weighted by atomic mass is 10.1. The van der Waals surface area contributed by atoms with Gasteiger partial charge in [0.2, 0.25) is 15.9 Å². The van der Waals surface area contributed by atoms with Crippen LogP contribution >= 0.6 is 11.6 Å². The summed E-state index contributed by atoms with van der Waals surface area (Å²) in [6.07, 6.45) is -4.72. The van der Waals surface area contributed by atoms with Gasteiger partial charge in [0, 0.05) is 37.3 Å². The number of alkyl halides is 3. The molecule has 0 aromatic heterocycles. The van der Waals surface area contributed by atoms with Crippen LogP contribution in [0.25, 0.3) is 0 Å². The van der Waals surface area contributed by atoms with E-state index in [2.05, 4.69) is 0 Å². The summed E-state index contributed by atoms with van der Waals surface area (Å²) in [6, 6.07) is 7.91. The van der Waals surface area contributed by atoms with Gasteiger partial charge >= 0.3 is 6.18 Å². The largest absolute Gasteiger partial charge is 0.416 e. The molecule has 1 heterocycles. The highest BCUT2D eigenvalue weighted by molar-refractivity contribution is 7.89. The molecule has 2 amide bonds. The van der Waals surface area contributed by atoms with Crippen LogP contribution in [0, 0.1) is 0 Å². The summed E-state index contributed by atoms with van der Waals surface area (Å²) in [5.41, 5.74) is 4.46. The van der Waals surface area contributed by atoms with Gasteiger partial charge in [0.25, 0.3) is 5.91 Å². The van der Waals surface area contributed by atoms with Crippen molar-refractivity contribution in [1.82, 2.24) is 9.21 Å². The van der Waals surface area contributed by atoms with Gasteiger partial charge in [0.15, 0.2) is 0 Å². The first-order chi connectivity index (χ1) is 14.4. The van der Waals surface area contributed by atoms with Crippen molar-refractivity contribution < 1.29 is 31.2 Å². The van der Waals surface area contributed by atoms with E-state index in [1.807, 2.05) is 0 Å². The Hall–Kier alpha value is -2.63. The van der Waals surface area contributed by atoms with E-state index in [1.54, 1.807) is 0 Å². The van der Waals surface area contributed by atoms with Crippen molar-refractivity contribution in [3.63, 3.8) is 0 Å². The highest BCUT2D eigenvalue weighted by Gasteiger charge is 2.36. The zero-order valence-corrected chi connectivity index (χ0v) is 17.5. The third kappa shape index (κ3) is 4.83. The molecule has 0 spiro atoms. The molecule has 0 atom stereocenters. The minimum Gasteiger partial charge on any atom is -0.366 e. The lowest BCUT2D eigenvalue weighted by molar-refractivity contribution is -0.137. The highest BCUT2D eigenvalue weighted by atomic mass is 35.5. The molecule has 1 fully saturated rings. The van der Waals surface area contributed by atoms with Gasteiger partial charge in [0.05, 0.1) is 10.6 Å². The van der Waals surface area contributed by atoms with Gasteiger partial charge in [-0.25, -0.2) is 8.42 Å². The fraction of sp³-hybridized carbons (Fsp3) is 0.263. The maximum Gasteiger partial charge on any atom is 0.416 e. The number of hydrogen-bond acceptors (Lipinski definition) is 4. The fourth-order valence-electron chi connectivity index (χ4n) is 3.14. The Labute approximate surface area is 181 Å². The second-order valence-electron chi connectivity index (χ2n) is 6.78. The monoisotopic (exact) mass is 475 g/mol. The van der Waals surface area contributed by atoms with E-state index in [-0.39, 0.29) is 42.3 Å². The Morgan fingerprint density at radius 1 is 0.968 bits per heavy atom. The predicted molar refractivity (Wildman–Crippen MR) is 106 cm³/mol. The van der Waals surface area contributed by atoms with Crippen molar-refractivity contribution in [2.45, 2.75) is 11.1 Å². The van der Waals surface area contributed by atoms with E-state index in [9.17, 15) is 31.2 Å². The summed E-state index contributed by atoms with van der Waals surface area (Å²) in [5.74, 6) is -1.11. The molecule has 2 N–H and O–H groups in total. The van der Waals surface area contributed by atoms with Crippen molar-refractivity contribution in [3.05, 3.63) is 64.2 Å². The molecular formula is C19H17ClF3N3O4S. The Bertz CT molecular complexity index is 1130. The van der Waals surface area contributed by atoms with Crippen LogP contribution < -0.4 is 5.73 Å². The van der Waals surface area contributed by atoms with E-state index >= 15 is 0 Å². The zero-order chi connectivity index (χ0) is 23.0. The van der Waals surface area contributed by atoms with Gasteiger partial charge < -0.3 is 10.6 Å². The minimum absolute atomic E-state index is 0.00937. The van der Waals surface area contributed by atoms with E-state index < -0.39 is 38.5 Å². The number of hydrogen-bond donors (Lipinski definition) is 1. The number of carbonyl (C=O) groups is 2. The van der Waals surface area contributed by atoms with Crippen LogP contribution in [-0.2, 0) is 16.2 Å². The number of benzene rings is 2. The van der Waals surface area contributed by atoms with E-state index in [0.717, 1.165) is 10.4 Å². The Morgan fingerprint density at radius 2 is 1.58 bits per heavy atom. The smallest absolute Gasteiger partial charge is 0.366 e. The number of piperazine rings is 1. The standard InChI is InChI=1S/C19H17ClF3N3O4S/c20-15-5-4-14(19(21,22)23)11-16(15)31(29,30)26-8-6-25(7-9-26)18(28)13-3-1-2-12(10-13)17(24)27/h1-5,10-11H,6-9H2,(H2,24,27). The van der Waals surface area contributed by atoms with Crippen molar-refractivity contribution in [2.24, 2.45) is 5.73 Å². The van der Waals surface area contributed by atoms with Crippen LogP contribution in [0.1, 0.15) is 26.3 Å². The van der Waals surface area contributed by atoms with Crippen LogP contribution in [0.15, 0.2) is 47.4 Å². The van der Waals surface area contributed by atoms with Crippen molar-refractivity contribution in [1.29, 1.82) is 0 Å². The first-order valence-electron chi connectivity index (χ1n) is 8.97. The van der Waals surface area contributed by atoms with Crippen LogP contribution in [-0.4, -0.2) is 55.6 Å². The normalized spacial score (nSPS) is 15.7. The molecule has 0 aliphatic carbocycles. The summed E-state index contributed by atoms with van der Waals surface area (Å²) in [7, 11) is -4.30. The van der Waals surface area contributed by atoms with E-state index in [1.165, 1.54) is 29.2 Å². The number of sulfonamides is 1. The van der Waals surface area contributed by atoms with Gasteiger partial charge in [-0.05, 0) is 36.4 Å². The predicted octanol–water partition coefficient (Wildman–Crippen LogP) is 2.60. The van der Waals surface area contributed by atoms with Crippen LogP contribution in [0.5, 0.6) is 0 Å². The quantitative estimate of drug-likeness (QED) is 0.734. The summed E-state index contributed by atoms with van der Waals surface area (Å²) in [5, 5.41) is -0.324. The SMILES string of the molecule is NC(=O)c1cccc(C(=O)N2CCN(S(=O)(=O)c3cc(C(F)(F)F)ccc3Cl)CC2)c1. The van der Waals surface area contributed by atoms with Crippen molar-refractivity contribution in [2.75, 3.05) is 26.2 Å². The second-order valence-corrected chi connectivity index (χ2v) is 9.10. The lowest BCUT2D eigenvalue weighted by Crippen LogP contribution is -2.50. The molecular weight excluding hydrogens is 459 g/mol. The molecule has 2 aromatic carbocycles. The second kappa shape index (κ2) is 8.48. The lowest BCUT2D eigenvalue weighted by Gasteiger charge is -2.34. The summed E-state index contributed by atoms with van der Waals surface area (Å²) in [4.78, 5) is 24.7. The van der Waals surface area contributed by atoms with Gasteiger partial charge in [-0.3, -0.25) is 9.59 Å². The highest BCUT2D eigenvalue weighted by Crippen LogP contribution is 2.34. The molecule has 1 aliphatic rings. The third-order valence-corrected chi connectivity index (χ3v) is 7.18. The van der Waals surface area contributed by atoms with Crippen molar-refractivity contribution >= 4 is 33.4 Å². The van der Waals surface area contributed by atoms with Gasteiger partial charge in [-0.1, -0.05) is 17.7 Å². The molecule has 2 aromatic rings. The Morgan fingerprint density at radius 3 is 2.16 bits per heavy atom. The number of nitrogens with zero attached hydrogens (tertiary/aromatic N) is 2. The molecule has 1 aliphatic heterocycles. The Balaban J connectivity index is 1.77. The first-order valence-corrected chi connectivity index (χ1v) is 10.8. The fourth-order valence-corrected chi connectivity index (χ4v) is 5.06. The summed E-state index contributed by atoms with van der Waals surface area (Å²) >= 11 is 5.87. The number of amides is 2. The summed E-state index contributed by atoms with van der Waals surface area (Å²) in [6.45, 7) is -0.239. The first kappa shape index (κ1) is 23.0. The molecule has 12 heteroatoms. The molecule has 1 saturated heterocycles. The maximum atomic E-state index is 13.0. The Kier molecular flexibility index (Phi) is 6.30. The van der Waals surface area contributed by atoms with E-state index in [4.69, 9.17) is 17.3 Å². The van der Waals surface area contributed by atoms with Crippen LogP contribution in [0.2, 0.25) is 5.02 Å². The van der Waals surface area contributed by atoms with Crippen LogP contribution in [0.3, 0.4) is 0 Å². The molecule has 3 rings (SSSR count). The molecule has 0 unspecified atom stereocenters. The number of nitrogens with two attached hydrogens (primary N) is 1. The summed E-state index contributed by atoms with van der Waals surface area (Å²) < 4.78 is 65.7. The maximum absolute atomic E-state index is 13.0. The molecule has 166 valence electrons. The van der Waals surface area contributed by atoms with Crippen LogP contribution in [0.4, 0.5) is 13.2 Å².